The van der Waals surface area contributed by atoms with E-state index >= 15 is 0 Å². The Morgan fingerprint density at radius 1 is 1.07 bits per heavy atom. The lowest BCUT2D eigenvalue weighted by molar-refractivity contribution is 0.0505. The van der Waals surface area contributed by atoms with Crippen LogP contribution in [-0.4, -0.2) is 42.6 Å². The quantitative estimate of drug-likeness (QED) is 0.758. The van der Waals surface area contributed by atoms with Crippen LogP contribution >= 0.6 is 0 Å². The summed E-state index contributed by atoms with van der Waals surface area (Å²) in [5, 5.41) is 6.34. The molecule has 0 spiro atoms. The molecule has 0 aliphatic carbocycles. The molecule has 2 aromatic carbocycles. The molecule has 0 bridgehead atoms. The third-order valence-corrected chi connectivity index (χ3v) is 4.43. The maximum absolute atomic E-state index is 12.5. The Bertz CT molecular complexity index is 762. The summed E-state index contributed by atoms with van der Waals surface area (Å²) < 4.78 is 5.10. The van der Waals surface area contributed by atoms with Crippen LogP contribution in [0.5, 0.6) is 0 Å². The van der Waals surface area contributed by atoms with E-state index in [1.807, 2.05) is 37.3 Å². The summed E-state index contributed by atoms with van der Waals surface area (Å²) in [7, 11) is 0. The average Bonchev–Trinajstić information content (AvgIpc) is 3.16. The summed E-state index contributed by atoms with van der Waals surface area (Å²) in [6, 6.07) is 16.9. The maximum Gasteiger partial charge on any atom is 0.338 e. The molecular weight excluding hydrogens is 342 g/mol. The minimum Gasteiger partial charge on any atom is -0.462 e. The fraction of sp³-hybridized carbons (Fsp3) is 0.333. The van der Waals surface area contributed by atoms with E-state index < -0.39 is 0 Å². The smallest absolute Gasteiger partial charge is 0.338 e. The van der Waals surface area contributed by atoms with E-state index in [0.29, 0.717) is 30.9 Å². The van der Waals surface area contributed by atoms with Crippen LogP contribution in [0.3, 0.4) is 0 Å². The molecule has 1 atom stereocenters. The number of hydrogen-bond acceptors (Lipinski definition) is 4. The Hall–Kier alpha value is -3.02. The van der Waals surface area contributed by atoms with Crippen molar-refractivity contribution >= 4 is 23.4 Å². The van der Waals surface area contributed by atoms with E-state index in [4.69, 9.17) is 4.74 Å². The zero-order valence-corrected chi connectivity index (χ0v) is 15.5. The fourth-order valence-corrected chi connectivity index (χ4v) is 3.00. The van der Waals surface area contributed by atoms with Gasteiger partial charge in [0.2, 0.25) is 0 Å². The Morgan fingerprint density at radius 3 is 2.52 bits per heavy atom. The summed E-state index contributed by atoms with van der Waals surface area (Å²) >= 11 is 0. The van der Waals surface area contributed by atoms with E-state index in [1.165, 1.54) is 0 Å². The van der Waals surface area contributed by atoms with Crippen molar-refractivity contribution in [2.24, 2.45) is 0 Å². The SMILES string of the molecule is CCCOC(=O)c1ccc(NC(=O)N2CC[C@@H](Nc3ccccc3)C2)cc1. The molecule has 6 nitrogen and oxygen atoms in total. The lowest BCUT2D eigenvalue weighted by Gasteiger charge is -2.18. The number of nitrogens with zero attached hydrogens (tertiary/aromatic N) is 1. The second kappa shape index (κ2) is 9.07. The predicted molar refractivity (Wildman–Crippen MR) is 106 cm³/mol. The van der Waals surface area contributed by atoms with Gasteiger partial charge in [-0.3, -0.25) is 0 Å². The Kier molecular flexibility index (Phi) is 6.30. The third kappa shape index (κ3) is 5.23. The van der Waals surface area contributed by atoms with Crippen LogP contribution < -0.4 is 10.6 Å². The van der Waals surface area contributed by atoms with Gasteiger partial charge in [-0.2, -0.15) is 0 Å². The molecule has 2 amide bonds. The second-order valence-electron chi connectivity index (χ2n) is 6.59. The van der Waals surface area contributed by atoms with Gasteiger partial charge in [0.15, 0.2) is 0 Å². The van der Waals surface area contributed by atoms with Crippen LogP contribution in [0.1, 0.15) is 30.1 Å². The predicted octanol–water partition coefficient (Wildman–Crippen LogP) is 3.97. The first-order valence-corrected chi connectivity index (χ1v) is 9.30. The zero-order chi connectivity index (χ0) is 19.1. The van der Waals surface area contributed by atoms with Gasteiger partial charge in [-0.1, -0.05) is 25.1 Å². The second-order valence-corrected chi connectivity index (χ2v) is 6.59. The van der Waals surface area contributed by atoms with Crippen molar-refractivity contribution in [3.05, 3.63) is 60.2 Å². The van der Waals surface area contributed by atoms with E-state index in [9.17, 15) is 9.59 Å². The number of carbonyl (C=O) groups excluding carboxylic acids is 2. The van der Waals surface area contributed by atoms with Gasteiger partial charge in [-0.25, -0.2) is 9.59 Å². The number of hydrogen-bond donors (Lipinski definition) is 2. The molecular formula is C21H25N3O3. The van der Waals surface area contributed by atoms with Crippen LogP contribution in [-0.2, 0) is 4.74 Å². The van der Waals surface area contributed by atoms with E-state index in [0.717, 1.165) is 18.5 Å². The number of amides is 2. The number of esters is 1. The Balaban J connectivity index is 1.49. The van der Waals surface area contributed by atoms with E-state index in [2.05, 4.69) is 10.6 Å². The molecule has 1 fully saturated rings. The molecule has 0 unspecified atom stereocenters. The standard InChI is InChI=1S/C21H25N3O3/c1-2-14-27-20(25)16-8-10-18(11-9-16)23-21(26)24-13-12-19(15-24)22-17-6-4-3-5-7-17/h3-11,19,22H,2,12-15H2,1H3,(H,23,26)/t19-/m1/s1. The first-order chi connectivity index (χ1) is 13.2. The van der Waals surface area contributed by atoms with Gasteiger partial charge >= 0.3 is 12.0 Å². The van der Waals surface area contributed by atoms with Crippen LogP contribution in [0.25, 0.3) is 0 Å². The normalized spacial score (nSPS) is 16.0. The number of benzene rings is 2. The van der Waals surface area contributed by atoms with Crippen molar-refractivity contribution < 1.29 is 14.3 Å². The summed E-state index contributed by atoms with van der Waals surface area (Å²) in [6.45, 7) is 3.72. The Morgan fingerprint density at radius 2 is 1.81 bits per heavy atom. The highest BCUT2D eigenvalue weighted by Gasteiger charge is 2.26. The number of carbonyl (C=O) groups is 2. The monoisotopic (exact) mass is 367 g/mol. The number of rotatable bonds is 6. The summed E-state index contributed by atoms with van der Waals surface area (Å²) in [5.74, 6) is -0.343. The van der Waals surface area contributed by atoms with Crippen LogP contribution in [0.4, 0.5) is 16.2 Å². The van der Waals surface area contributed by atoms with Gasteiger partial charge in [-0.15, -0.1) is 0 Å². The van der Waals surface area contributed by atoms with Crippen LogP contribution in [0.2, 0.25) is 0 Å². The average molecular weight is 367 g/mol. The van der Waals surface area contributed by atoms with Crippen molar-refractivity contribution in [2.75, 3.05) is 30.3 Å². The number of ether oxygens (including phenoxy) is 1. The molecule has 2 aromatic rings. The molecule has 1 saturated heterocycles. The van der Waals surface area contributed by atoms with Gasteiger partial charge < -0.3 is 20.3 Å². The van der Waals surface area contributed by atoms with E-state index in [-0.39, 0.29) is 18.0 Å². The van der Waals surface area contributed by atoms with Crippen molar-refractivity contribution in [3.63, 3.8) is 0 Å². The highest BCUT2D eigenvalue weighted by molar-refractivity contribution is 5.92. The molecule has 0 radical (unpaired) electrons. The fourth-order valence-electron chi connectivity index (χ4n) is 3.00. The molecule has 2 N–H and O–H groups in total. The van der Waals surface area contributed by atoms with Crippen LogP contribution in [0, 0.1) is 0 Å². The number of nitrogens with one attached hydrogen (secondary N) is 2. The zero-order valence-electron chi connectivity index (χ0n) is 15.5. The van der Waals surface area contributed by atoms with Crippen LogP contribution in [0.15, 0.2) is 54.6 Å². The van der Waals surface area contributed by atoms with Crippen molar-refractivity contribution in [1.29, 1.82) is 0 Å². The van der Waals surface area contributed by atoms with Gasteiger partial charge in [0, 0.05) is 30.5 Å². The first-order valence-electron chi connectivity index (χ1n) is 9.30. The molecule has 0 saturated carbocycles. The molecule has 6 heteroatoms. The lowest BCUT2D eigenvalue weighted by atomic mass is 10.2. The highest BCUT2D eigenvalue weighted by atomic mass is 16.5. The van der Waals surface area contributed by atoms with Crippen molar-refractivity contribution in [1.82, 2.24) is 4.90 Å². The summed E-state index contributed by atoms with van der Waals surface area (Å²) in [6.07, 6.45) is 1.69. The van der Waals surface area contributed by atoms with Gasteiger partial charge in [0.25, 0.3) is 0 Å². The molecule has 3 rings (SSSR count). The molecule has 27 heavy (non-hydrogen) atoms. The summed E-state index contributed by atoms with van der Waals surface area (Å²) in [5.41, 5.74) is 2.21. The third-order valence-electron chi connectivity index (χ3n) is 4.43. The molecule has 1 heterocycles. The maximum atomic E-state index is 12.5. The minimum absolute atomic E-state index is 0.131. The first kappa shape index (κ1) is 18.8. The molecule has 1 aliphatic heterocycles. The van der Waals surface area contributed by atoms with Gasteiger partial charge in [0.1, 0.15) is 0 Å². The number of para-hydroxylation sites is 1. The molecule has 1 aliphatic rings. The topological polar surface area (TPSA) is 70.7 Å². The molecule has 0 aromatic heterocycles. The van der Waals surface area contributed by atoms with Gasteiger partial charge in [-0.05, 0) is 49.2 Å². The minimum atomic E-state index is -0.343. The van der Waals surface area contributed by atoms with E-state index in [1.54, 1.807) is 29.2 Å². The highest BCUT2D eigenvalue weighted by Crippen LogP contribution is 2.17. The number of urea groups is 1. The number of likely N-dealkylation sites (tertiary alicyclic amines) is 1. The Labute approximate surface area is 159 Å². The summed E-state index contributed by atoms with van der Waals surface area (Å²) in [4.78, 5) is 26.1. The largest absolute Gasteiger partial charge is 0.462 e. The van der Waals surface area contributed by atoms with Crippen molar-refractivity contribution in [2.45, 2.75) is 25.8 Å². The van der Waals surface area contributed by atoms with Crippen molar-refractivity contribution in [3.8, 4) is 0 Å². The van der Waals surface area contributed by atoms with Gasteiger partial charge in [0.05, 0.1) is 12.2 Å². The molecule has 142 valence electrons. The lowest BCUT2D eigenvalue weighted by Crippen LogP contribution is -2.34. The number of anilines is 2.